The van der Waals surface area contributed by atoms with Gasteiger partial charge in [-0.1, -0.05) is 18.2 Å². The highest BCUT2D eigenvalue weighted by Crippen LogP contribution is 2.25. The lowest BCUT2D eigenvalue weighted by Gasteiger charge is -1.83. The van der Waals surface area contributed by atoms with Crippen LogP contribution in [0.2, 0.25) is 0 Å². The summed E-state index contributed by atoms with van der Waals surface area (Å²) in [7, 11) is 6.80. The molecule has 0 fully saturated rings. The molecule has 1 N–H and O–H groups in total. The molecule has 1 aromatic heterocycles. The van der Waals surface area contributed by atoms with Crippen LogP contribution in [0.3, 0.4) is 0 Å². The number of para-hydroxylation sites is 1. The molecule has 56 valence electrons. The number of nitrogens with one attached hydrogen (secondary N) is 1. The zero-order chi connectivity index (χ0) is 7.68. The van der Waals surface area contributed by atoms with E-state index < -0.39 is 0 Å². The van der Waals surface area contributed by atoms with Crippen molar-refractivity contribution in [3.8, 4) is 0 Å². The molecular formula is C8H6ClNS. The second-order valence-corrected chi connectivity index (χ2v) is 3.36. The van der Waals surface area contributed by atoms with Crippen molar-refractivity contribution in [2.75, 3.05) is 0 Å². The van der Waals surface area contributed by atoms with Gasteiger partial charge in [-0.3, -0.25) is 0 Å². The molecule has 11 heavy (non-hydrogen) atoms. The number of aromatic nitrogens is 1. The lowest BCUT2D eigenvalue weighted by atomic mass is 10.3. The van der Waals surface area contributed by atoms with E-state index >= 15 is 0 Å². The maximum absolute atomic E-state index is 5.58. The van der Waals surface area contributed by atoms with E-state index in [1.54, 1.807) is 0 Å². The first-order valence-corrected chi connectivity index (χ1v) is 4.91. The Labute approximate surface area is 73.3 Å². The summed E-state index contributed by atoms with van der Waals surface area (Å²) in [4.78, 5) is 3.18. The zero-order valence-corrected chi connectivity index (χ0v) is 7.25. The molecular weight excluding hydrogens is 178 g/mol. The van der Waals surface area contributed by atoms with Gasteiger partial charge in [0.25, 0.3) is 0 Å². The van der Waals surface area contributed by atoms with Crippen LogP contribution < -0.4 is 0 Å². The summed E-state index contributed by atoms with van der Waals surface area (Å²) in [5.74, 6) is 0. The van der Waals surface area contributed by atoms with Gasteiger partial charge < -0.3 is 4.98 Å². The Morgan fingerprint density at radius 2 is 2.09 bits per heavy atom. The maximum Gasteiger partial charge on any atom is 0.0890 e. The second-order valence-electron chi connectivity index (χ2n) is 2.30. The van der Waals surface area contributed by atoms with Crippen molar-refractivity contribution in [3.63, 3.8) is 0 Å². The van der Waals surface area contributed by atoms with Crippen molar-refractivity contribution in [2.24, 2.45) is 0 Å². The molecule has 0 aliphatic rings. The average molecular weight is 184 g/mol. The van der Waals surface area contributed by atoms with E-state index in [1.165, 1.54) is 16.4 Å². The fourth-order valence-corrected chi connectivity index (χ4v) is 1.66. The third-order valence-corrected chi connectivity index (χ3v) is 2.47. The minimum atomic E-state index is 0.993. The minimum absolute atomic E-state index is 0.993. The number of fused-ring (bicyclic) bond motifs is 1. The van der Waals surface area contributed by atoms with Gasteiger partial charge in [0.15, 0.2) is 0 Å². The quantitative estimate of drug-likeness (QED) is 0.717. The summed E-state index contributed by atoms with van der Waals surface area (Å²) in [5, 5.41) is 2.20. The van der Waals surface area contributed by atoms with Gasteiger partial charge in [0.1, 0.15) is 0 Å². The fraction of sp³-hybridized carbons (Fsp3) is 0. The number of hydrogen-bond donors (Lipinski definition) is 1. The summed E-state index contributed by atoms with van der Waals surface area (Å²) in [5.41, 5.74) is 1.13. The number of aromatic amines is 1. The van der Waals surface area contributed by atoms with E-state index in [1.807, 2.05) is 24.3 Å². The standard InChI is InChI=1S/C8H6ClNS/c9-11-8-5-6-3-1-2-4-7(6)10-8/h1-5,10H. The molecule has 0 aliphatic heterocycles. The number of rotatable bonds is 1. The van der Waals surface area contributed by atoms with Gasteiger partial charge in [0.05, 0.1) is 5.03 Å². The molecule has 0 bridgehead atoms. The predicted octanol–water partition coefficient (Wildman–Crippen LogP) is 3.41. The van der Waals surface area contributed by atoms with Crippen LogP contribution in [-0.2, 0) is 0 Å². The van der Waals surface area contributed by atoms with Gasteiger partial charge in [-0.2, -0.15) is 0 Å². The molecule has 0 atom stereocenters. The Balaban J connectivity index is 2.69. The van der Waals surface area contributed by atoms with Crippen LogP contribution in [0, 0.1) is 0 Å². The van der Waals surface area contributed by atoms with E-state index in [0.717, 1.165) is 10.5 Å². The fourth-order valence-electron chi connectivity index (χ4n) is 1.09. The highest BCUT2D eigenvalue weighted by atomic mass is 35.7. The van der Waals surface area contributed by atoms with Gasteiger partial charge in [-0.05, 0) is 33.8 Å². The van der Waals surface area contributed by atoms with Crippen molar-refractivity contribution in [2.45, 2.75) is 5.03 Å². The molecule has 0 unspecified atom stereocenters. The molecule has 0 radical (unpaired) electrons. The number of halogens is 1. The Hall–Kier alpha value is -0.600. The Morgan fingerprint density at radius 1 is 1.27 bits per heavy atom. The van der Waals surface area contributed by atoms with Gasteiger partial charge in [0.2, 0.25) is 0 Å². The normalized spacial score (nSPS) is 10.6. The molecule has 0 spiro atoms. The Bertz CT molecular complexity index is 336. The first kappa shape index (κ1) is 7.07. The van der Waals surface area contributed by atoms with Crippen LogP contribution >= 0.6 is 21.7 Å². The monoisotopic (exact) mass is 183 g/mol. The third-order valence-electron chi connectivity index (χ3n) is 1.59. The van der Waals surface area contributed by atoms with E-state index in [9.17, 15) is 0 Å². The molecule has 1 aromatic carbocycles. The van der Waals surface area contributed by atoms with Crippen LogP contribution in [0.4, 0.5) is 0 Å². The van der Waals surface area contributed by atoms with Crippen LogP contribution in [0.15, 0.2) is 35.4 Å². The number of benzene rings is 1. The van der Waals surface area contributed by atoms with E-state index in [-0.39, 0.29) is 0 Å². The first-order chi connectivity index (χ1) is 5.40. The highest BCUT2D eigenvalue weighted by Gasteiger charge is 1.97. The third kappa shape index (κ3) is 1.24. The van der Waals surface area contributed by atoms with Crippen molar-refractivity contribution in [1.29, 1.82) is 0 Å². The molecule has 3 heteroatoms. The number of hydrogen-bond acceptors (Lipinski definition) is 1. The second kappa shape index (κ2) is 2.80. The summed E-state index contributed by atoms with van der Waals surface area (Å²) < 4.78 is 0. The molecule has 1 nitrogen and oxygen atoms in total. The van der Waals surface area contributed by atoms with Crippen LogP contribution in [0.25, 0.3) is 10.9 Å². The summed E-state index contributed by atoms with van der Waals surface area (Å²) in [6.45, 7) is 0. The Kier molecular flexibility index (Phi) is 1.80. The molecule has 2 aromatic rings. The van der Waals surface area contributed by atoms with E-state index in [4.69, 9.17) is 10.7 Å². The van der Waals surface area contributed by atoms with Crippen molar-refractivity contribution in [3.05, 3.63) is 30.3 Å². The minimum Gasteiger partial charge on any atom is -0.349 e. The summed E-state index contributed by atoms with van der Waals surface area (Å²) in [6.07, 6.45) is 0. The topological polar surface area (TPSA) is 15.8 Å². The van der Waals surface area contributed by atoms with Crippen LogP contribution in [-0.4, -0.2) is 4.98 Å². The molecule has 0 saturated carbocycles. The lowest BCUT2D eigenvalue weighted by Crippen LogP contribution is -1.63. The van der Waals surface area contributed by atoms with Gasteiger partial charge in [0, 0.05) is 10.9 Å². The lowest BCUT2D eigenvalue weighted by molar-refractivity contribution is 1.25. The molecule has 0 aliphatic carbocycles. The molecule has 0 saturated heterocycles. The average Bonchev–Trinajstić information content (AvgIpc) is 2.46. The van der Waals surface area contributed by atoms with Gasteiger partial charge in [-0.15, -0.1) is 0 Å². The van der Waals surface area contributed by atoms with Gasteiger partial charge >= 0.3 is 0 Å². The van der Waals surface area contributed by atoms with Crippen LogP contribution in [0.1, 0.15) is 0 Å². The maximum atomic E-state index is 5.58. The van der Waals surface area contributed by atoms with Crippen molar-refractivity contribution >= 4 is 32.6 Å². The smallest absolute Gasteiger partial charge is 0.0890 e. The first-order valence-electron chi connectivity index (χ1n) is 3.26. The van der Waals surface area contributed by atoms with Gasteiger partial charge in [-0.25, -0.2) is 0 Å². The van der Waals surface area contributed by atoms with E-state index in [2.05, 4.69) is 11.1 Å². The molecule has 1 heterocycles. The molecule has 0 amide bonds. The van der Waals surface area contributed by atoms with Crippen molar-refractivity contribution in [1.82, 2.24) is 4.98 Å². The highest BCUT2D eigenvalue weighted by molar-refractivity contribution is 8.21. The van der Waals surface area contributed by atoms with Crippen LogP contribution in [0.5, 0.6) is 0 Å². The predicted molar refractivity (Wildman–Crippen MR) is 50.0 cm³/mol. The largest absolute Gasteiger partial charge is 0.349 e. The van der Waals surface area contributed by atoms with Crippen molar-refractivity contribution < 1.29 is 0 Å². The molecule has 2 rings (SSSR count). The SMILES string of the molecule is ClSc1cc2ccccc2[nH]1. The summed E-state index contributed by atoms with van der Waals surface area (Å²) >= 11 is 0. The Morgan fingerprint density at radius 3 is 2.82 bits per heavy atom. The zero-order valence-electron chi connectivity index (χ0n) is 5.67. The number of H-pyrrole nitrogens is 1. The summed E-state index contributed by atoms with van der Waals surface area (Å²) in [6, 6.07) is 10.1. The van der Waals surface area contributed by atoms with E-state index in [0.29, 0.717) is 0 Å².